The van der Waals surface area contributed by atoms with Crippen molar-refractivity contribution in [2.24, 2.45) is 0 Å². The standard InChI is InChI=1S/C25H20F4N2O5/c1-13-10-15(11-14(2)20(13)23(33)34)22(32)31-24(7-9-35-19-4-3-8-30-21(19)24)16-5-6-18(17(26)12-16)36-25(27,28)29/h3-6,8,10-12H,7,9H2,1-2H3,(H,31,32)(H,33,34)/t24-/m0/s1. The summed E-state index contributed by atoms with van der Waals surface area (Å²) in [6.45, 7) is 3.21. The van der Waals surface area contributed by atoms with Crippen molar-refractivity contribution in [1.29, 1.82) is 0 Å². The minimum atomic E-state index is -5.08. The molecule has 1 aliphatic rings. The van der Waals surface area contributed by atoms with E-state index >= 15 is 0 Å². The lowest BCUT2D eigenvalue weighted by atomic mass is 9.81. The number of halogens is 4. The van der Waals surface area contributed by atoms with E-state index in [1.54, 1.807) is 26.0 Å². The number of carbonyl (C=O) groups excluding carboxylic acids is 1. The van der Waals surface area contributed by atoms with E-state index in [0.717, 1.165) is 12.1 Å². The summed E-state index contributed by atoms with van der Waals surface area (Å²) >= 11 is 0. The average Bonchev–Trinajstić information content (AvgIpc) is 2.79. The molecule has 11 heteroatoms. The van der Waals surface area contributed by atoms with Gasteiger partial charge in [-0.2, -0.15) is 0 Å². The van der Waals surface area contributed by atoms with Crippen molar-refractivity contribution in [3.63, 3.8) is 0 Å². The number of pyridine rings is 1. The lowest BCUT2D eigenvalue weighted by Gasteiger charge is -2.39. The molecule has 2 heterocycles. The van der Waals surface area contributed by atoms with Crippen LogP contribution in [0, 0.1) is 19.7 Å². The van der Waals surface area contributed by atoms with Crippen molar-refractivity contribution in [2.75, 3.05) is 6.61 Å². The van der Waals surface area contributed by atoms with Crippen molar-refractivity contribution in [1.82, 2.24) is 10.3 Å². The molecule has 1 aliphatic heterocycles. The molecule has 0 radical (unpaired) electrons. The van der Waals surface area contributed by atoms with E-state index in [0.29, 0.717) is 16.9 Å². The van der Waals surface area contributed by atoms with E-state index in [9.17, 15) is 32.3 Å². The summed E-state index contributed by atoms with van der Waals surface area (Å²) in [5.74, 6) is -3.73. The molecule has 1 amide bonds. The van der Waals surface area contributed by atoms with Crippen LogP contribution in [0.2, 0.25) is 0 Å². The lowest BCUT2D eigenvalue weighted by molar-refractivity contribution is -0.275. The summed E-state index contributed by atoms with van der Waals surface area (Å²) in [6, 6.07) is 8.95. The number of ether oxygens (including phenoxy) is 2. The fraction of sp³-hybridized carbons (Fsp3) is 0.240. The number of carbonyl (C=O) groups is 2. The van der Waals surface area contributed by atoms with Gasteiger partial charge in [0.2, 0.25) is 0 Å². The van der Waals surface area contributed by atoms with Crippen LogP contribution in [-0.4, -0.2) is 34.9 Å². The van der Waals surface area contributed by atoms with Crippen LogP contribution >= 0.6 is 0 Å². The Balaban J connectivity index is 1.82. The third-order valence-corrected chi connectivity index (χ3v) is 5.90. The van der Waals surface area contributed by atoms with E-state index in [1.807, 2.05) is 0 Å². The number of nitrogens with zero attached hydrogens (tertiary/aromatic N) is 1. The number of hydrogen-bond acceptors (Lipinski definition) is 5. The van der Waals surface area contributed by atoms with Crippen molar-refractivity contribution >= 4 is 11.9 Å². The Morgan fingerprint density at radius 1 is 1.14 bits per heavy atom. The number of hydrogen-bond donors (Lipinski definition) is 2. The molecule has 0 saturated carbocycles. The quantitative estimate of drug-likeness (QED) is 0.481. The number of aryl methyl sites for hydroxylation is 2. The summed E-state index contributed by atoms with van der Waals surface area (Å²) in [6.07, 6.45) is -3.55. The second-order valence-corrected chi connectivity index (χ2v) is 8.29. The van der Waals surface area contributed by atoms with E-state index in [2.05, 4.69) is 15.0 Å². The molecule has 0 spiro atoms. The molecule has 1 atom stereocenters. The number of aromatic carboxylic acids is 1. The van der Waals surface area contributed by atoms with Gasteiger partial charge in [-0.25, -0.2) is 9.18 Å². The highest BCUT2D eigenvalue weighted by atomic mass is 19.4. The molecule has 4 rings (SSSR count). The predicted octanol–water partition coefficient (Wildman–Crippen LogP) is 4.89. The van der Waals surface area contributed by atoms with Gasteiger partial charge in [0.05, 0.1) is 12.2 Å². The number of aromatic nitrogens is 1. The molecular weight excluding hydrogens is 484 g/mol. The number of alkyl halides is 3. The van der Waals surface area contributed by atoms with Crippen LogP contribution in [0.15, 0.2) is 48.7 Å². The lowest BCUT2D eigenvalue weighted by Crippen LogP contribution is -2.50. The van der Waals surface area contributed by atoms with E-state index in [4.69, 9.17) is 4.74 Å². The minimum Gasteiger partial charge on any atom is -0.491 e. The maximum absolute atomic E-state index is 14.7. The Morgan fingerprint density at radius 2 is 1.83 bits per heavy atom. The third-order valence-electron chi connectivity index (χ3n) is 5.90. The molecule has 0 aliphatic carbocycles. The van der Waals surface area contributed by atoms with Crippen molar-refractivity contribution in [3.05, 3.63) is 88.0 Å². The van der Waals surface area contributed by atoms with Crippen LogP contribution in [-0.2, 0) is 5.54 Å². The maximum Gasteiger partial charge on any atom is 0.573 e. The Kier molecular flexibility index (Phi) is 6.33. The van der Waals surface area contributed by atoms with Crippen LogP contribution in [0.25, 0.3) is 0 Å². The second kappa shape index (κ2) is 9.14. The number of amides is 1. The topological polar surface area (TPSA) is 97.8 Å². The fourth-order valence-electron chi connectivity index (χ4n) is 4.41. The van der Waals surface area contributed by atoms with Gasteiger partial charge in [-0.1, -0.05) is 6.07 Å². The Hall–Kier alpha value is -4.15. The highest BCUT2D eigenvalue weighted by molar-refractivity contribution is 5.98. The van der Waals surface area contributed by atoms with Gasteiger partial charge >= 0.3 is 12.3 Å². The predicted molar refractivity (Wildman–Crippen MR) is 119 cm³/mol. The number of carboxylic acid groups (broad SMARTS) is 1. The summed E-state index contributed by atoms with van der Waals surface area (Å²) in [5.41, 5.74) is -0.140. The third kappa shape index (κ3) is 4.68. The van der Waals surface area contributed by atoms with Crippen molar-refractivity contribution in [2.45, 2.75) is 32.2 Å². The molecule has 3 aromatic rings. The monoisotopic (exact) mass is 504 g/mol. The first-order valence-corrected chi connectivity index (χ1v) is 10.7. The van der Waals surface area contributed by atoms with Crippen LogP contribution in [0.4, 0.5) is 17.6 Å². The van der Waals surface area contributed by atoms with Gasteiger partial charge in [0, 0.05) is 18.2 Å². The highest BCUT2D eigenvalue weighted by Gasteiger charge is 2.43. The highest BCUT2D eigenvalue weighted by Crippen LogP contribution is 2.42. The second-order valence-electron chi connectivity index (χ2n) is 8.29. The van der Waals surface area contributed by atoms with Gasteiger partial charge < -0.3 is 19.9 Å². The zero-order valence-electron chi connectivity index (χ0n) is 19.1. The largest absolute Gasteiger partial charge is 0.573 e. The van der Waals surface area contributed by atoms with E-state index in [1.165, 1.54) is 24.4 Å². The van der Waals surface area contributed by atoms with Crippen LogP contribution in [0.1, 0.15) is 49.5 Å². The molecule has 2 N–H and O–H groups in total. The molecule has 0 fully saturated rings. The molecule has 188 valence electrons. The van der Waals surface area contributed by atoms with Gasteiger partial charge in [-0.05, 0) is 66.9 Å². The van der Waals surface area contributed by atoms with Crippen LogP contribution in [0.5, 0.6) is 11.5 Å². The zero-order chi connectivity index (χ0) is 26.3. The number of fused-ring (bicyclic) bond motifs is 1. The summed E-state index contributed by atoms with van der Waals surface area (Å²) in [4.78, 5) is 29.3. The van der Waals surface area contributed by atoms with Gasteiger partial charge in [-0.3, -0.25) is 9.78 Å². The average molecular weight is 504 g/mol. The number of rotatable bonds is 5. The smallest absolute Gasteiger partial charge is 0.491 e. The van der Waals surface area contributed by atoms with Gasteiger partial charge in [0.1, 0.15) is 17.0 Å². The van der Waals surface area contributed by atoms with E-state index in [-0.39, 0.29) is 35.4 Å². The molecule has 2 aromatic carbocycles. The molecule has 0 saturated heterocycles. The van der Waals surface area contributed by atoms with Crippen molar-refractivity contribution in [3.8, 4) is 11.5 Å². The van der Waals surface area contributed by atoms with E-state index < -0.39 is 35.3 Å². The fourth-order valence-corrected chi connectivity index (χ4v) is 4.41. The molecular formula is C25H20F4N2O5. The Bertz CT molecular complexity index is 1340. The first-order chi connectivity index (χ1) is 16.9. The van der Waals surface area contributed by atoms with Crippen LogP contribution in [0.3, 0.4) is 0 Å². The molecule has 1 aromatic heterocycles. The summed E-state index contributed by atoms with van der Waals surface area (Å²) in [7, 11) is 0. The SMILES string of the molecule is Cc1cc(C(=O)N[C@]2(c3ccc(OC(F)(F)F)c(F)c3)CCOc3cccnc32)cc(C)c1C(=O)O. The maximum atomic E-state index is 14.7. The number of carboxylic acids is 1. The molecule has 36 heavy (non-hydrogen) atoms. The number of benzene rings is 2. The molecule has 0 bridgehead atoms. The summed E-state index contributed by atoms with van der Waals surface area (Å²) < 4.78 is 62.0. The number of nitrogens with one attached hydrogen (secondary N) is 1. The van der Waals surface area contributed by atoms with Gasteiger partial charge in [0.25, 0.3) is 5.91 Å². The van der Waals surface area contributed by atoms with Crippen molar-refractivity contribution < 1.29 is 41.7 Å². The zero-order valence-corrected chi connectivity index (χ0v) is 19.1. The minimum absolute atomic E-state index is 0.0710. The Morgan fingerprint density at radius 3 is 2.44 bits per heavy atom. The first-order valence-electron chi connectivity index (χ1n) is 10.7. The molecule has 0 unspecified atom stereocenters. The normalized spacial score (nSPS) is 17.1. The van der Waals surface area contributed by atoms with Crippen LogP contribution < -0.4 is 14.8 Å². The first kappa shape index (κ1) is 25.0. The van der Waals surface area contributed by atoms with Gasteiger partial charge in [0.15, 0.2) is 11.6 Å². The Labute approximate surface area is 202 Å². The summed E-state index contributed by atoms with van der Waals surface area (Å²) in [5, 5.41) is 12.3. The van der Waals surface area contributed by atoms with Gasteiger partial charge in [-0.15, -0.1) is 13.2 Å². The molecule has 7 nitrogen and oxygen atoms in total.